The minimum absolute atomic E-state index is 0.00890. The van der Waals surface area contributed by atoms with Gasteiger partial charge in [0, 0.05) is 31.9 Å². The van der Waals surface area contributed by atoms with Crippen LogP contribution in [0.2, 0.25) is 0 Å². The van der Waals surface area contributed by atoms with E-state index >= 15 is 0 Å². The first-order valence-electron chi connectivity index (χ1n) is 11.5. The van der Waals surface area contributed by atoms with E-state index in [-0.39, 0.29) is 5.75 Å². The molecule has 0 amide bonds. The van der Waals surface area contributed by atoms with Crippen molar-refractivity contribution < 1.29 is 13.2 Å². The second-order valence-corrected chi connectivity index (χ2v) is 11.6. The maximum absolute atomic E-state index is 12.1. The highest BCUT2D eigenvalue weighted by atomic mass is 32.2. The highest BCUT2D eigenvalue weighted by Crippen LogP contribution is 2.31. The van der Waals surface area contributed by atoms with Crippen LogP contribution < -0.4 is 0 Å². The van der Waals surface area contributed by atoms with Crippen molar-refractivity contribution in [2.24, 2.45) is 0 Å². The summed E-state index contributed by atoms with van der Waals surface area (Å²) in [7, 11) is 4.18. The van der Waals surface area contributed by atoms with Crippen LogP contribution in [0.5, 0.6) is 0 Å². The van der Waals surface area contributed by atoms with E-state index in [1.165, 1.54) is 23.7 Å². The summed E-state index contributed by atoms with van der Waals surface area (Å²) in [5, 5.41) is 1.74. The van der Waals surface area contributed by atoms with Crippen LogP contribution in [0.15, 0.2) is 22.2 Å². The lowest BCUT2D eigenvalue weighted by Gasteiger charge is -2.22. The number of hydrogen-bond acceptors (Lipinski definition) is 10. The van der Waals surface area contributed by atoms with Crippen LogP contribution >= 0.6 is 47.0 Å². The summed E-state index contributed by atoms with van der Waals surface area (Å²) in [6.45, 7) is 6.12. The van der Waals surface area contributed by atoms with Gasteiger partial charge in [-0.05, 0) is 50.3 Å². The number of hydrogen-bond donors (Lipinski definition) is 0. The summed E-state index contributed by atoms with van der Waals surface area (Å²) in [4.78, 5) is 4.50. The van der Waals surface area contributed by atoms with Gasteiger partial charge in [0.2, 0.25) is 0 Å². The van der Waals surface area contributed by atoms with Crippen molar-refractivity contribution in [1.29, 1.82) is 0 Å². The van der Waals surface area contributed by atoms with Gasteiger partial charge in [-0.1, -0.05) is 19.1 Å². The van der Waals surface area contributed by atoms with Crippen LogP contribution in [0.3, 0.4) is 0 Å². The van der Waals surface area contributed by atoms with Crippen LogP contribution in [0, 0.1) is 0 Å². The zero-order chi connectivity index (χ0) is 25.3. The number of likely N-dealkylation sites (N-methyl/N-ethyl adjacent to an activating group) is 2. The topological polar surface area (TPSA) is 58.0 Å². The van der Waals surface area contributed by atoms with E-state index in [1.807, 2.05) is 18.8 Å². The Morgan fingerprint density at radius 2 is 1.31 bits per heavy atom. The van der Waals surface area contributed by atoms with Crippen LogP contribution in [0.4, 0.5) is 13.2 Å². The minimum Gasteiger partial charge on any atom is -0.302 e. The van der Waals surface area contributed by atoms with Gasteiger partial charge in [-0.3, -0.25) is 0 Å². The van der Waals surface area contributed by atoms with Crippen LogP contribution in [0.25, 0.3) is 11.1 Å². The fourth-order valence-electron chi connectivity index (χ4n) is 3.53. The molecule has 0 radical (unpaired) electrons. The molecule has 2 aliphatic rings. The first kappa shape index (κ1) is 28.6. The first-order valence-corrected chi connectivity index (χ1v) is 14.9. The van der Waals surface area contributed by atoms with Crippen LogP contribution in [-0.2, 0) is 0 Å². The molecule has 2 aromatic heterocycles. The van der Waals surface area contributed by atoms with E-state index in [0.717, 1.165) is 90.3 Å². The van der Waals surface area contributed by atoms with Crippen molar-refractivity contribution >= 4 is 58.1 Å². The third-order valence-corrected chi connectivity index (χ3v) is 8.70. The molecule has 13 heteroatoms. The van der Waals surface area contributed by atoms with Gasteiger partial charge < -0.3 is 9.80 Å². The maximum Gasteiger partial charge on any atom is 0.389 e. The van der Waals surface area contributed by atoms with Gasteiger partial charge in [-0.2, -0.15) is 30.7 Å². The molecule has 0 unspecified atom stereocenters. The molecule has 0 saturated carbocycles. The molecule has 0 fully saturated rings. The Labute approximate surface area is 222 Å². The normalized spacial score (nSPS) is 17.5. The van der Waals surface area contributed by atoms with Crippen molar-refractivity contribution in [1.82, 2.24) is 27.3 Å². The zero-order valence-corrected chi connectivity index (χ0v) is 23.4. The predicted molar refractivity (Wildman–Crippen MR) is 142 cm³/mol. The van der Waals surface area contributed by atoms with E-state index in [2.05, 4.69) is 53.4 Å². The molecule has 4 rings (SSSR count). The minimum atomic E-state index is -4.11. The largest absolute Gasteiger partial charge is 0.389 e. The molecule has 0 spiro atoms. The van der Waals surface area contributed by atoms with Gasteiger partial charge in [-0.25, -0.2) is 0 Å². The third kappa shape index (κ3) is 9.43. The zero-order valence-electron chi connectivity index (χ0n) is 20.2. The highest BCUT2D eigenvalue weighted by molar-refractivity contribution is 7.99. The van der Waals surface area contributed by atoms with Gasteiger partial charge in [0.25, 0.3) is 0 Å². The monoisotopic (exact) mass is 564 g/mol. The molecule has 0 atom stereocenters. The van der Waals surface area contributed by atoms with Crippen molar-refractivity contribution in [2.75, 3.05) is 51.8 Å². The lowest BCUT2D eigenvalue weighted by molar-refractivity contribution is -0.129. The number of aromatic nitrogens is 4. The van der Waals surface area contributed by atoms with Crippen LogP contribution in [0.1, 0.15) is 44.0 Å². The summed E-state index contributed by atoms with van der Waals surface area (Å²) in [5.41, 5.74) is 4.29. The highest BCUT2D eigenvalue weighted by Gasteiger charge is 2.27. The fourth-order valence-corrected chi connectivity index (χ4v) is 6.80. The Morgan fingerprint density at radius 1 is 0.829 bits per heavy atom. The number of rotatable bonds is 8. The van der Waals surface area contributed by atoms with E-state index in [4.69, 9.17) is 0 Å². The first-order chi connectivity index (χ1) is 16.8. The molecule has 0 aliphatic carbocycles. The lowest BCUT2D eigenvalue weighted by Crippen LogP contribution is -2.25. The Kier molecular flexibility index (Phi) is 11.5. The Balaban J connectivity index is 0.000000198. The number of nitrogens with zero attached hydrogens (tertiary/aromatic N) is 6. The van der Waals surface area contributed by atoms with Gasteiger partial charge in [0.15, 0.2) is 0 Å². The smallest absolute Gasteiger partial charge is 0.302 e. The van der Waals surface area contributed by atoms with E-state index in [9.17, 15) is 13.2 Å². The van der Waals surface area contributed by atoms with E-state index in [0.29, 0.717) is 5.03 Å². The van der Waals surface area contributed by atoms with Gasteiger partial charge in [0.05, 0.1) is 29.9 Å². The molecule has 0 bridgehead atoms. The third-order valence-electron chi connectivity index (χ3n) is 5.28. The molecule has 194 valence electrons. The summed E-state index contributed by atoms with van der Waals surface area (Å²) in [5.74, 6) is 1.12. The van der Waals surface area contributed by atoms with Crippen molar-refractivity contribution in [3.63, 3.8) is 0 Å². The van der Waals surface area contributed by atoms with Crippen molar-refractivity contribution in [3.8, 4) is 0 Å². The lowest BCUT2D eigenvalue weighted by atomic mass is 10.1. The Bertz CT molecular complexity index is 988. The fraction of sp³-hybridized carbons (Fsp3) is 0.636. The summed E-state index contributed by atoms with van der Waals surface area (Å²) < 4.78 is 53.5. The number of alkyl halides is 3. The molecule has 2 aliphatic heterocycles. The number of thioether (sulfide) groups is 2. The van der Waals surface area contributed by atoms with Crippen molar-refractivity contribution in [3.05, 3.63) is 23.5 Å². The van der Waals surface area contributed by atoms with Gasteiger partial charge in [-0.15, -0.1) is 23.5 Å². The SMILES string of the molecule is CCCSc1nsnc1C1=CCCN(C)C1.CN1CCC=C(c2nsnc2SCCC(F)(F)F)C1. The molecule has 35 heavy (non-hydrogen) atoms. The van der Waals surface area contributed by atoms with Crippen molar-refractivity contribution in [2.45, 2.75) is 48.8 Å². The van der Waals surface area contributed by atoms with Crippen LogP contribution in [-0.4, -0.2) is 85.3 Å². The quantitative estimate of drug-likeness (QED) is 0.359. The standard InChI is InChI=1S/C11H14F3N3S2.C11H17N3S2/c1-17-5-2-3-8(7-17)9-10(16-19-15-9)18-6-4-11(12,13)14;1-3-7-15-11-10(12-16-13-11)9-5-4-6-14(2)8-9/h3H,2,4-7H2,1H3;5H,3-4,6-8H2,1-2H3. The molecule has 2 aromatic rings. The van der Waals surface area contributed by atoms with Gasteiger partial charge >= 0.3 is 6.18 Å². The predicted octanol–water partition coefficient (Wildman–Crippen LogP) is 6.06. The molecular formula is C22H31F3N6S4. The molecule has 4 heterocycles. The summed E-state index contributed by atoms with van der Waals surface area (Å²) >= 11 is 5.35. The van der Waals surface area contributed by atoms with E-state index < -0.39 is 12.6 Å². The molecule has 0 N–H and O–H groups in total. The molecule has 6 nitrogen and oxygen atoms in total. The second-order valence-electron chi connectivity index (χ2n) is 8.41. The average Bonchev–Trinajstić information content (AvgIpc) is 3.47. The van der Waals surface area contributed by atoms with E-state index in [1.54, 1.807) is 0 Å². The summed E-state index contributed by atoms with van der Waals surface area (Å²) in [6, 6.07) is 0. The second kappa shape index (κ2) is 14.1. The van der Waals surface area contributed by atoms with Gasteiger partial charge in [0.1, 0.15) is 21.4 Å². The maximum atomic E-state index is 12.1. The Hall–Kier alpha value is -0.990. The molecule has 0 aromatic carbocycles. The Morgan fingerprint density at radius 3 is 1.74 bits per heavy atom. The number of halogens is 3. The average molecular weight is 565 g/mol. The summed E-state index contributed by atoms with van der Waals surface area (Å²) in [6.07, 6.45) is 2.75. The molecule has 0 saturated heterocycles. The molecular weight excluding hydrogens is 534 g/mol.